The minimum atomic E-state index is -0.723. The van der Waals surface area contributed by atoms with Gasteiger partial charge in [-0.2, -0.15) is 0 Å². The predicted octanol–water partition coefficient (Wildman–Crippen LogP) is 2.56. The molecule has 2 amide bonds. The van der Waals surface area contributed by atoms with Crippen LogP contribution >= 0.6 is 0 Å². The van der Waals surface area contributed by atoms with Gasteiger partial charge in [0.15, 0.2) is 17.3 Å². The summed E-state index contributed by atoms with van der Waals surface area (Å²) in [6.45, 7) is 2.36. The molecule has 2 saturated heterocycles. The number of amides is 2. The van der Waals surface area contributed by atoms with Crippen LogP contribution in [0, 0.1) is 11.8 Å². The van der Waals surface area contributed by atoms with Crippen LogP contribution in [0.25, 0.3) is 6.08 Å². The first-order chi connectivity index (χ1) is 15.1. The van der Waals surface area contributed by atoms with Crippen molar-refractivity contribution in [2.24, 2.45) is 11.8 Å². The van der Waals surface area contributed by atoms with Gasteiger partial charge in [-0.25, -0.2) is 4.90 Å². The van der Waals surface area contributed by atoms with E-state index in [1.165, 1.54) is 11.8 Å². The van der Waals surface area contributed by atoms with Gasteiger partial charge in [-0.1, -0.05) is 24.3 Å². The van der Waals surface area contributed by atoms with Crippen LogP contribution in [0.5, 0.6) is 11.5 Å². The number of imide groups is 1. The van der Waals surface area contributed by atoms with Gasteiger partial charge in [0, 0.05) is 12.3 Å². The molecule has 2 aromatic rings. The van der Waals surface area contributed by atoms with Crippen molar-refractivity contribution in [3.05, 3.63) is 59.8 Å². The number of carbonyl (C=O) groups is 3. The fourth-order valence-electron chi connectivity index (χ4n) is 5.45. The summed E-state index contributed by atoms with van der Waals surface area (Å²) in [5.41, 5.74) is 2.42. The zero-order valence-electron chi connectivity index (χ0n) is 16.9. The Bertz CT molecular complexity index is 1170. The lowest BCUT2D eigenvalue weighted by Gasteiger charge is -2.35. The molecule has 0 bridgehead atoms. The van der Waals surface area contributed by atoms with Gasteiger partial charge in [-0.15, -0.1) is 0 Å². The molecule has 0 aliphatic carbocycles. The Morgan fingerprint density at radius 1 is 0.968 bits per heavy atom. The van der Waals surface area contributed by atoms with Gasteiger partial charge in [-0.05, 0) is 36.3 Å². The third-order valence-corrected chi connectivity index (χ3v) is 6.66. The molecule has 156 valence electrons. The molecule has 0 saturated carbocycles. The lowest BCUT2D eigenvalue weighted by molar-refractivity contribution is -0.129. The van der Waals surface area contributed by atoms with E-state index in [1.807, 2.05) is 41.4 Å². The van der Waals surface area contributed by atoms with E-state index in [0.29, 0.717) is 30.4 Å². The van der Waals surface area contributed by atoms with Crippen LogP contribution in [0.3, 0.4) is 0 Å². The molecule has 7 heteroatoms. The van der Waals surface area contributed by atoms with E-state index in [0.717, 1.165) is 11.1 Å². The zero-order valence-corrected chi connectivity index (χ0v) is 16.9. The van der Waals surface area contributed by atoms with Crippen LogP contribution in [0.15, 0.2) is 48.7 Å². The summed E-state index contributed by atoms with van der Waals surface area (Å²) >= 11 is 0. The van der Waals surface area contributed by atoms with Crippen LogP contribution in [0.4, 0.5) is 5.69 Å². The molecule has 31 heavy (non-hydrogen) atoms. The third kappa shape index (κ3) is 2.43. The Morgan fingerprint density at radius 2 is 1.71 bits per heavy atom. The van der Waals surface area contributed by atoms with E-state index in [2.05, 4.69) is 0 Å². The summed E-state index contributed by atoms with van der Waals surface area (Å²) in [6.07, 6.45) is 3.79. The summed E-state index contributed by atoms with van der Waals surface area (Å²) in [7, 11) is 0. The third-order valence-electron chi connectivity index (χ3n) is 6.66. The highest BCUT2D eigenvalue weighted by Gasteiger charge is 2.64. The number of rotatable bonds is 2. The van der Waals surface area contributed by atoms with Gasteiger partial charge in [0.2, 0.25) is 11.8 Å². The molecule has 4 aliphatic heterocycles. The number of anilines is 1. The Hall–Kier alpha value is -3.61. The molecule has 4 unspecified atom stereocenters. The first-order valence-corrected chi connectivity index (χ1v) is 10.4. The van der Waals surface area contributed by atoms with Gasteiger partial charge in [0.05, 0.1) is 29.6 Å². The van der Waals surface area contributed by atoms with Crippen molar-refractivity contribution in [2.45, 2.75) is 19.0 Å². The summed E-state index contributed by atoms with van der Waals surface area (Å²) < 4.78 is 11.2. The molecule has 0 aromatic heterocycles. The maximum absolute atomic E-state index is 13.7. The second-order valence-corrected chi connectivity index (χ2v) is 8.28. The highest BCUT2D eigenvalue weighted by Crippen LogP contribution is 2.53. The summed E-state index contributed by atoms with van der Waals surface area (Å²) in [4.78, 5) is 43.0. The average Bonchev–Trinajstić information content (AvgIpc) is 3.26. The highest BCUT2D eigenvalue weighted by molar-refractivity contribution is 6.24. The van der Waals surface area contributed by atoms with Gasteiger partial charge in [0.25, 0.3) is 0 Å². The van der Waals surface area contributed by atoms with Gasteiger partial charge in [-0.3, -0.25) is 14.4 Å². The van der Waals surface area contributed by atoms with E-state index >= 15 is 0 Å². The molecule has 2 aromatic carbocycles. The average molecular weight is 416 g/mol. The maximum atomic E-state index is 13.7. The molecule has 0 spiro atoms. The van der Waals surface area contributed by atoms with Gasteiger partial charge in [0.1, 0.15) is 13.2 Å². The molecular weight excluding hydrogens is 396 g/mol. The molecule has 4 heterocycles. The molecule has 2 fully saturated rings. The van der Waals surface area contributed by atoms with Crippen molar-refractivity contribution in [1.29, 1.82) is 0 Å². The quantitative estimate of drug-likeness (QED) is 0.701. The summed E-state index contributed by atoms with van der Waals surface area (Å²) in [6, 6.07) is 11.9. The van der Waals surface area contributed by atoms with Crippen LogP contribution in [0.1, 0.15) is 24.1 Å². The zero-order chi connectivity index (χ0) is 21.3. The Morgan fingerprint density at radius 3 is 2.52 bits per heavy atom. The Kier molecular flexibility index (Phi) is 3.78. The van der Waals surface area contributed by atoms with E-state index in [4.69, 9.17) is 9.47 Å². The normalized spacial score (nSPS) is 27.8. The molecule has 6 rings (SSSR count). The molecule has 0 radical (unpaired) electrons. The summed E-state index contributed by atoms with van der Waals surface area (Å²) in [5, 5.41) is 0. The second-order valence-electron chi connectivity index (χ2n) is 8.28. The number of hydrogen-bond donors (Lipinski definition) is 0. The van der Waals surface area contributed by atoms with E-state index in [-0.39, 0.29) is 23.6 Å². The van der Waals surface area contributed by atoms with Gasteiger partial charge >= 0.3 is 0 Å². The fraction of sp³-hybridized carbons (Fsp3) is 0.292. The Balaban J connectivity index is 1.46. The standard InChI is InChI=1S/C24H20N2O5/c1-13(27)21-19-20(22-16-5-3-2-4-14(16)8-9-25(21)22)24(29)26(23(19)28)15-6-7-17-18(12-15)31-11-10-30-17/h2-9,12,19-22H,10-11H2,1H3. The SMILES string of the molecule is CC(=O)C1C2C(=O)N(c3ccc4c(c3)OCCO4)C(=O)C2C2c3ccccc3C=CN12. The first-order valence-electron chi connectivity index (χ1n) is 10.4. The number of nitrogens with zero attached hydrogens (tertiary/aromatic N) is 2. The van der Waals surface area contributed by atoms with Crippen molar-refractivity contribution in [2.75, 3.05) is 18.1 Å². The van der Waals surface area contributed by atoms with E-state index in [1.54, 1.807) is 18.2 Å². The molecule has 0 N–H and O–H groups in total. The summed E-state index contributed by atoms with van der Waals surface area (Å²) in [5.74, 6) is -0.986. The lowest BCUT2D eigenvalue weighted by Crippen LogP contribution is -2.43. The minimum Gasteiger partial charge on any atom is -0.486 e. The van der Waals surface area contributed by atoms with Gasteiger partial charge < -0.3 is 14.4 Å². The number of carbonyl (C=O) groups excluding carboxylic acids is 3. The van der Waals surface area contributed by atoms with Crippen molar-refractivity contribution >= 4 is 29.4 Å². The van der Waals surface area contributed by atoms with E-state index < -0.39 is 17.9 Å². The molecule has 7 nitrogen and oxygen atoms in total. The second kappa shape index (κ2) is 6.44. The topological polar surface area (TPSA) is 76.1 Å². The molecule has 4 aliphatic rings. The largest absolute Gasteiger partial charge is 0.486 e. The van der Waals surface area contributed by atoms with E-state index in [9.17, 15) is 14.4 Å². The minimum absolute atomic E-state index is 0.119. The fourth-order valence-corrected chi connectivity index (χ4v) is 5.45. The highest BCUT2D eigenvalue weighted by atomic mass is 16.6. The Labute approximate surface area is 178 Å². The van der Waals surface area contributed by atoms with Crippen molar-refractivity contribution in [3.63, 3.8) is 0 Å². The lowest BCUT2D eigenvalue weighted by atomic mass is 9.84. The number of ether oxygens (including phenoxy) is 2. The monoisotopic (exact) mass is 416 g/mol. The van der Waals surface area contributed by atoms with Crippen LogP contribution < -0.4 is 14.4 Å². The number of ketones is 1. The smallest absolute Gasteiger partial charge is 0.240 e. The van der Waals surface area contributed by atoms with Crippen molar-refractivity contribution < 1.29 is 23.9 Å². The number of fused-ring (bicyclic) bond motifs is 6. The predicted molar refractivity (Wildman–Crippen MR) is 111 cm³/mol. The van der Waals surface area contributed by atoms with Crippen LogP contribution in [-0.2, 0) is 14.4 Å². The first kappa shape index (κ1) is 18.2. The number of hydrogen-bond acceptors (Lipinski definition) is 6. The van der Waals surface area contributed by atoms with Crippen molar-refractivity contribution in [3.8, 4) is 11.5 Å². The molecular formula is C24H20N2O5. The van der Waals surface area contributed by atoms with Crippen LogP contribution in [0.2, 0.25) is 0 Å². The number of benzene rings is 2. The molecule has 4 atom stereocenters. The van der Waals surface area contributed by atoms with Crippen LogP contribution in [-0.4, -0.2) is 41.8 Å². The maximum Gasteiger partial charge on any atom is 0.240 e. The van der Waals surface area contributed by atoms with Crippen molar-refractivity contribution in [1.82, 2.24) is 4.90 Å². The number of Topliss-reactive ketones (excluding diaryl/α,β-unsaturated/α-hetero) is 1.